The van der Waals surface area contributed by atoms with Crippen LogP contribution < -0.4 is 4.57 Å². The van der Waals surface area contributed by atoms with Crippen LogP contribution in [-0.4, -0.2) is 4.92 Å². The molecule has 2 rings (SSSR count). The molecule has 0 N–H and O–H groups in total. The van der Waals surface area contributed by atoms with Gasteiger partial charge in [-0.2, -0.15) is 0 Å². The van der Waals surface area contributed by atoms with Gasteiger partial charge in [0.25, 0.3) is 5.69 Å². The van der Waals surface area contributed by atoms with Gasteiger partial charge in [-0.25, -0.2) is 4.57 Å². The summed E-state index contributed by atoms with van der Waals surface area (Å²) in [5.74, 6) is 0. The van der Waals surface area contributed by atoms with Crippen LogP contribution in [0.3, 0.4) is 0 Å². The second-order valence-electron chi connectivity index (χ2n) is 9.79. The molecule has 0 aliphatic heterocycles. The zero-order chi connectivity index (χ0) is 24.3. The Labute approximate surface area is 208 Å². The van der Waals surface area contributed by atoms with Crippen molar-refractivity contribution in [3.05, 3.63) is 70.0 Å². The Bertz CT molecular complexity index is 789. The number of nitrogens with zero attached hydrogens (tertiary/aromatic N) is 2. The number of hydrogen-bond acceptors (Lipinski definition) is 2. The predicted molar refractivity (Wildman–Crippen MR) is 142 cm³/mol. The number of benzene rings is 1. The van der Waals surface area contributed by atoms with E-state index in [0.717, 1.165) is 18.5 Å². The van der Waals surface area contributed by atoms with Gasteiger partial charge in [0.05, 0.1) is 11.3 Å². The number of nitro groups is 1. The third-order valence-electron chi connectivity index (χ3n) is 6.82. The summed E-state index contributed by atoms with van der Waals surface area (Å²) in [6, 6.07) is 13.2. The van der Waals surface area contributed by atoms with Crippen LogP contribution in [0.4, 0.5) is 5.69 Å². The highest BCUT2D eigenvalue weighted by molar-refractivity contribution is 5.34. The topological polar surface area (TPSA) is 47.0 Å². The molecule has 2 aromatic rings. The first-order chi connectivity index (χ1) is 16.7. The summed E-state index contributed by atoms with van der Waals surface area (Å²) in [6.07, 6.45) is 25.2. The van der Waals surface area contributed by atoms with Gasteiger partial charge in [0, 0.05) is 30.7 Å². The zero-order valence-corrected chi connectivity index (χ0v) is 21.6. The molecule has 0 radical (unpaired) electrons. The fourth-order valence-electron chi connectivity index (χ4n) is 4.67. The van der Waals surface area contributed by atoms with Crippen LogP contribution in [0.25, 0.3) is 0 Å². The molecule has 0 amide bonds. The fourth-order valence-corrected chi connectivity index (χ4v) is 4.67. The number of hydrogen-bond donors (Lipinski definition) is 0. The lowest BCUT2D eigenvalue weighted by atomic mass is 10.0. The average molecular weight is 468 g/mol. The lowest BCUT2D eigenvalue weighted by molar-refractivity contribution is -0.704. The smallest absolute Gasteiger partial charge is 0.258 e. The van der Waals surface area contributed by atoms with Gasteiger partial charge >= 0.3 is 0 Å². The SMILES string of the molecule is CCCCCCCCCCCCCCCCCC[n+]1ccccc1Cc1ccc([N+](=O)[O-])cc1. The standard InChI is InChI=1S/C30H47N2O2/c1-2-3-4-5-6-7-8-9-10-11-12-13-14-15-16-18-25-31-26-19-17-20-30(31)27-28-21-23-29(24-22-28)32(33)34/h17,19-24,26H,2-16,18,25,27H2,1H3/q+1. The highest BCUT2D eigenvalue weighted by Gasteiger charge is 2.11. The summed E-state index contributed by atoms with van der Waals surface area (Å²) >= 11 is 0. The second kappa shape index (κ2) is 18.1. The average Bonchev–Trinajstić information content (AvgIpc) is 2.85. The maximum atomic E-state index is 10.9. The molecule has 188 valence electrons. The van der Waals surface area contributed by atoms with E-state index in [0.29, 0.717) is 0 Å². The first-order valence-electron chi connectivity index (χ1n) is 13.9. The molecular weight excluding hydrogens is 420 g/mol. The molecule has 0 unspecified atom stereocenters. The first kappa shape index (κ1) is 28.0. The third-order valence-corrected chi connectivity index (χ3v) is 6.82. The predicted octanol–water partition coefficient (Wildman–Crippen LogP) is 8.73. The van der Waals surface area contributed by atoms with E-state index in [4.69, 9.17) is 0 Å². The fraction of sp³-hybridized carbons (Fsp3) is 0.633. The van der Waals surface area contributed by atoms with Crippen LogP contribution in [0.5, 0.6) is 0 Å². The Morgan fingerprint density at radius 1 is 0.676 bits per heavy atom. The first-order valence-corrected chi connectivity index (χ1v) is 13.9. The van der Waals surface area contributed by atoms with Crippen molar-refractivity contribution in [1.82, 2.24) is 0 Å². The van der Waals surface area contributed by atoms with E-state index in [9.17, 15) is 10.1 Å². The molecule has 1 aromatic heterocycles. The van der Waals surface area contributed by atoms with E-state index in [1.807, 2.05) is 12.1 Å². The Hall–Kier alpha value is -2.23. The number of aryl methyl sites for hydroxylation is 1. The molecule has 34 heavy (non-hydrogen) atoms. The lowest BCUT2D eigenvalue weighted by Gasteiger charge is -2.05. The minimum Gasteiger partial charge on any atom is -0.258 e. The normalized spacial score (nSPS) is 11.1. The van der Waals surface area contributed by atoms with Crippen molar-refractivity contribution in [2.24, 2.45) is 0 Å². The van der Waals surface area contributed by atoms with Crippen LogP contribution in [0, 0.1) is 10.1 Å². The quantitative estimate of drug-likeness (QED) is 0.0845. The highest BCUT2D eigenvalue weighted by Crippen LogP contribution is 2.15. The van der Waals surface area contributed by atoms with Crippen LogP contribution in [0.1, 0.15) is 121 Å². The number of non-ortho nitro benzene ring substituents is 1. The van der Waals surface area contributed by atoms with Crippen molar-refractivity contribution in [2.45, 2.75) is 123 Å². The molecule has 0 aliphatic rings. The minimum atomic E-state index is -0.343. The maximum absolute atomic E-state index is 10.9. The maximum Gasteiger partial charge on any atom is 0.269 e. The van der Waals surface area contributed by atoms with E-state index in [1.54, 1.807) is 12.1 Å². The minimum absolute atomic E-state index is 0.151. The van der Waals surface area contributed by atoms with Gasteiger partial charge in [0.1, 0.15) is 6.54 Å². The van der Waals surface area contributed by atoms with Gasteiger partial charge in [-0.05, 0) is 12.0 Å². The molecule has 0 bridgehead atoms. The molecule has 4 heteroatoms. The van der Waals surface area contributed by atoms with Crippen molar-refractivity contribution < 1.29 is 9.49 Å². The van der Waals surface area contributed by atoms with Crippen molar-refractivity contribution in [3.8, 4) is 0 Å². The molecular formula is C30H47N2O2+. The number of aromatic nitrogens is 1. The zero-order valence-electron chi connectivity index (χ0n) is 21.6. The van der Waals surface area contributed by atoms with Crippen molar-refractivity contribution in [1.29, 1.82) is 0 Å². The summed E-state index contributed by atoms with van der Waals surface area (Å²) in [6.45, 7) is 3.33. The van der Waals surface area contributed by atoms with E-state index in [1.165, 1.54) is 108 Å². The molecule has 0 saturated carbocycles. The van der Waals surface area contributed by atoms with Crippen molar-refractivity contribution in [2.75, 3.05) is 0 Å². The van der Waals surface area contributed by atoms with Gasteiger partial charge in [-0.1, -0.05) is 115 Å². The van der Waals surface area contributed by atoms with Crippen LogP contribution >= 0.6 is 0 Å². The van der Waals surface area contributed by atoms with Gasteiger partial charge in [-0.15, -0.1) is 0 Å². The molecule has 0 atom stereocenters. The number of rotatable bonds is 20. The summed E-state index contributed by atoms with van der Waals surface area (Å²) in [7, 11) is 0. The van der Waals surface area contributed by atoms with Gasteiger partial charge < -0.3 is 0 Å². The molecule has 0 saturated heterocycles. The van der Waals surface area contributed by atoms with E-state index in [-0.39, 0.29) is 10.6 Å². The summed E-state index contributed by atoms with van der Waals surface area (Å²) < 4.78 is 2.34. The number of unbranched alkanes of at least 4 members (excludes halogenated alkanes) is 15. The molecule has 0 fully saturated rings. The summed E-state index contributed by atoms with van der Waals surface area (Å²) in [4.78, 5) is 10.5. The van der Waals surface area contributed by atoms with Gasteiger partial charge in [0.15, 0.2) is 11.9 Å². The highest BCUT2D eigenvalue weighted by atomic mass is 16.6. The van der Waals surface area contributed by atoms with Crippen molar-refractivity contribution in [3.63, 3.8) is 0 Å². The Balaban J connectivity index is 1.50. The largest absolute Gasteiger partial charge is 0.269 e. The second-order valence-corrected chi connectivity index (χ2v) is 9.79. The van der Waals surface area contributed by atoms with E-state index >= 15 is 0 Å². The summed E-state index contributed by atoms with van der Waals surface area (Å²) in [5, 5.41) is 10.9. The van der Waals surface area contributed by atoms with E-state index in [2.05, 4.69) is 35.9 Å². The Kier molecular flexibility index (Phi) is 14.9. The summed E-state index contributed by atoms with van der Waals surface area (Å²) in [5.41, 5.74) is 2.52. The lowest BCUT2D eigenvalue weighted by Crippen LogP contribution is -2.38. The van der Waals surface area contributed by atoms with Crippen LogP contribution in [0.15, 0.2) is 48.7 Å². The Morgan fingerprint density at radius 2 is 1.18 bits per heavy atom. The molecule has 0 spiro atoms. The Morgan fingerprint density at radius 3 is 1.68 bits per heavy atom. The van der Waals surface area contributed by atoms with Crippen molar-refractivity contribution >= 4 is 5.69 Å². The molecule has 0 aliphatic carbocycles. The van der Waals surface area contributed by atoms with Gasteiger partial charge in [0.2, 0.25) is 0 Å². The molecule has 1 heterocycles. The van der Waals surface area contributed by atoms with Crippen LogP contribution in [-0.2, 0) is 13.0 Å². The number of pyridine rings is 1. The van der Waals surface area contributed by atoms with E-state index < -0.39 is 0 Å². The molecule has 4 nitrogen and oxygen atoms in total. The monoisotopic (exact) mass is 467 g/mol. The molecule has 1 aromatic carbocycles. The third kappa shape index (κ3) is 12.3. The van der Waals surface area contributed by atoms with Crippen LogP contribution in [0.2, 0.25) is 0 Å². The number of nitro benzene ring substituents is 1. The van der Waals surface area contributed by atoms with Gasteiger partial charge in [-0.3, -0.25) is 10.1 Å².